The van der Waals surface area contributed by atoms with E-state index >= 15 is 0 Å². The number of benzene rings is 3. The van der Waals surface area contributed by atoms with Crippen molar-refractivity contribution in [3.8, 4) is 11.5 Å². The molecule has 35 heavy (non-hydrogen) atoms. The van der Waals surface area contributed by atoms with Crippen LogP contribution in [-0.2, 0) is 13.0 Å². The van der Waals surface area contributed by atoms with Gasteiger partial charge in [-0.05, 0) is 66.1 Å². The van der Waals surface area contributed by atoms with Gasteiger partial charge in [-0.1, -0.05) is 61.7 Å². The number of para-hydroxylation sites is 2. The number of methoxy groups -OCH3 is 1. The van der Waals surface area contributed by atoms with Gasteiger partial charge in [-0.3, -0.25) is 0 Å². The Morgan fingerprint density at radius 3 is 2.60 bits per heavy atom. The summed E-state index contributed by atoms with van der Waals surface area (Å²) in [6.45, 7) is 1.46. The summed E-state index contributed by atoms with van der Waals surface area (Å²) in [5.41, 5.74) is 7.59. The van der Waals surface area contributed by atoms with E-state index in [0.717, 1.165) is 30.0 Å². The molecule has 2 N–H and O–H groups in total. The number of fused-ring (bicyclic) bond motifs is 3. The van der Waals surface area contributed by atoms with Crippen LogP contribution in [0.1, 0.15) is 72.0 Å². The highest BCUT2D eigenvalue weighted by molar-refractivity contribution is 5.85. The summed E-state index contributed by atoms with van der Waals surface area (Å²) >= 11 is 0. The van der Waals surface area contributed by atoms with Crippen LogP contribution in [0.15, 0.2) is 66.7 Å². The topological polar surface area (TPSA) is 46.3 Å². The second-order valence-electron chi connectivity index (χ2n) is 9.93. The second-order valence-corrected chi connectivity index (χ2v) is 9.93. The monoisotopic (exact) mass is 466 g/mol. The Labute approximate surface area is 207 Å². The SMILES string of the molecule is COc1ccc([C@@H]2NCCc3c2[nH]c2ccccc32)cc1COc1ccccc1C1CCCCC1. The van der Waals surface area contributed by atoms with Gasteiger partial charge in [0, 0.05) is 28.7 Å². The van der Waals surface area contributed by atoms with Crippen molar-refractivity contribution in [3.63, 3.8) is 0 Å². The van der Waals surface area contributed by atoms with Crippen LogP contribution in [0, 0.1) is 0 Å². The largest absolute Gasteiger partial charge is 0.496 e. The number of ether oxygens (including phenoxy) is 2. The summed E-state index contributed by atoms with van der Waals surface area (Å²) in [5.74, 6) is 2.50. The highest BCUT2D eigenvalue weighted by Gasteiger charge is 2.26. The first-order valence-electron chi connectivity index (χ1n) is 13.0. The molecule has 1 aliphatic heterocycles. The molecule has 4 nitrogen and oxygen atoms in total. The lowest BCUT2D eigenvalue weighted by atomic mass is 9.84. The zero-order valence-electron chi connectivity index (χ0n) is 20.5. The molecule has 1 aromatic heterocycles. The van der Waals surface area contributed by atoms with Crippen molar-refractivity contribution in [2.24, 2.45) is 0 Å². The quantitative estimate of drug-likeness (QED) is 0.320. The van der Waals surface area contributed by atoms with Gasteiger partial charge in [0.15, 0.2) is 0 Å². The minimum absolute atomic E-state index is 0.130. The maximum Gasteiger partial charge on any atom is 0.125 e. The van der Waals surface area contributed by atoms with E-state index in [1.807, 2.05) is 0 Å². The van der Waals surface area contributed by atoms with E-state index in [4.69, 9.17) is 9.47 Å². The van der Waals surface area contributed by atoms with E-state index < -0.39 is 0 Å². The number of H-pyrrole nitrogens is 1. The minimum atomic E-state index is 0.130. The lowest BCUT2D eigenvalue weighted by molar-refractivity contribution is 0.288. The Hall–Kier alpha value is -3.24. The lowest BCUT2D eigenvalue weighted by Crippen LogP contribution is -2.30. The first-order valence-corrected chi connectivity index (χ1v) is 13.0. The van der Waals surface area contributed by atoms with Gasteiger partial charge >= 0.3 is 0 Å². The van der Waals surface area contributed by atoms with Crippen LogP contribution in [0.25, 0.3) is 10.9 Å². The van der Waals surface area contributed by atoms with Crippen LogP contribution in [0.3, 0.4) is 0 Å². The first-order chi connectivity index (χ1) is 17.3. The molecule has 6 rings (SSSR count). The average molecular weight is 467 g/mol. The minimum Gasteiger partial charge on any atom is -0.496 e. The van der Waals surface area contributed by atoms with Crippen molar-refractivity contribution in [1.82, 2.24) is 10.3 Å². The van der Waals surface area contributed by atoms with Gasteiger partial charge in [-0.25, -0.2) is 0 Å². The van der Waals surface area contributed by atoms with Crippen molar-refractivity contribution in [2.75, 3.05) is 13.7 Å². The normalized spacial score (nSPS) is 18.4. The number of nitrogens with one attached hydrogen (secondary N) is 2. The molecule has 0 bridgehead atoms. The van der Waals surface area contributed by atoms with Crippen LogP contribution in [0.5, 0.6) is 11.5 Å². The van der Waals surface area contributed by atoms with Crippen LogP contribution >= 0.6 is 0 Å². The summed E-state index contributed by atoms with van der Waals surface area (Å²) in [7, 11) is 1.74. The van der Waals surface area contributed by atoms with E-state index in [0.29, 0.717) is 12.5 Å². The Bertz CT molecular complexity index is 1320. The molecule has 4 heteroatoms. The highest BCUT2D eigenvalue weighted by atomic mass is 16.5. The predicted octanol–water partition coefficient (Wildman–Crippen LogP) is 7.04. The van der Waals surface area contributed by atoms with E-state index in [9.17, 15) is 0 Å². The molecule has 180 valence electrons. The zero-order valence-corrected chi connectivity index (χ0v) is 20.5. The molecule has 1 saturated carbocycles. The molecule has 4 aromatic rings. The van der Waals surface area contributed by atoms with Gasteiger partial charge in [0.25, 0.3) is 0 Å². The molecule has 0 radical (unpaired) electrons. The van der Waals surface area contributed by atoms with Gasteiger partial charge in [0.2, 0.25) is 0 Å². The Balaban J connectivity index is 1.29. The molecule has 1 fully saturated rings. The maximum absolute atomic E-state index is 6.47. The summed E-state index contributed by atoms with van der Waals surface area (Å²) in [5, 5.41) is 5.07. The zero-order chi connectivity index (χ0) is 23.6. The number of hydrogen-bond acceptors (Lipinski definition) is 3. The first kappa shape index (κ1) is 22.2. The number of rotatable bonds is 6. The average Bonchev–Trinajstić information content (AvgIpc) is 3.31. The molecule has 3 aromatic carbocycles. The van der Waals surface area contributed by atoms with Crippen LogP contribution < -0.4 is 14.8 Å². The molecule has 0 spiro atoms. The smallest absolute Gasteiger partial charge is 0.125 e. The molecular weight excluding hydrogens is 432 g/mol. The van der Waals surface area contributed by atoms with Gasteiger partial charge in [-0.2, -0.15) is 0 Å². The van der Waals surface area contributed by atoms with Crippen molar-refractivity contribution < 1.29 is 9.47 Å². The third kappa shape index (κ3) is 4.32. The fourth-order valence-corrected chi connectivity index (χ4v) is 6.07. The summed E-state index contributed by atoms with van der Waals surface area (Å²) in [6.07, 6.45) is 7.56. The molecule has 1 atom stereocenters. The number of aromatic amines is 1. The third-order valence-electron chi connectivity index (χ3n) is 7.84. The summed E-state index contributed by atoms with van der Waals surface area (Å²) < 4.78 is 12.2. The Morgan fingerprint density at radius 1 is 0.886 bits per heavy atom. The van der Waals surface area contributed by atoms with Gasteiger partial charge < -0.3 is 19.8 Å². The van der Waals surface area contributed by atoms with Crippen molar-refractivity contribution in [1.29, 1.82) is 0 Å². The third-order valence-corrected chi connectivity index (χ3v) is 7.84. The molecular formula is C31H34N2O2. The van der Waals surface area contributed by atoms with Gasteiger partial charge in [-0.15, -0.1) is 0 Å². The molecule has 0 amide bonds. The van der Waals surface area contributed by atoms with Crippen LogP contribution in [-0.4, -0.2) is 18.6 Å². The summed E-state index contributed by atoms with van der Waals surface area (Å²) in [6, 6.07) is 23.9. The van der Waals surface area contributed by atoms with E-state index in [2.05, 4.69) is 77.0 Å². The molecule has 2 aliphatic rings. The Kier molecular flexibility index (Phi) is 6.22. The standard InChI is InChI=1S/C31H34N2O2/c1-34-28-16-15-22(30-31-26(17-18-32-30)25-12-5-7-13-27(25)33-31)19-23(28)20-35-29-14-8-6-11-24(29)21-9-3-2-4-10-21/h5-8,11-16,19,21,30,32-33H,2-4,9-10,17-18,20H2,1H3/t30-/m0/s1. The molecule has 0 saturated heterocycles. The van der Waals surface area contributed by atoms with E-state index in [1.165, 1.54) is 65.4 Å². The fraction of sp³-hybridized carbons (Fsp3) is 0.355. The molecule has 1 aliphatic carbocycles. The lowest BCUT2D eigenvalue weighted by Gasteiger charge is -2.26. The fourth-order valence-electron chi connectivity index (χ4n) is 6.07. The van der Waals surface area contributed by atoms with Crippen molar-refractivity contribution in [2.45, 2.75) is 57.1 Å². The van der Waals surface area contributed by atoms with E-state index in [1.54, 1.807) is 7.11 Å². The predicted molar refractivity (Wildman–Crippen MR) is 141 cm³/mol. The maximum atomic E-state index is 6.47. The number of hydrogen-bond donors (Lipinski definition) is 2. The van der Waals surface area contributed by atoms with Gasteiger partial charge in [0.05, 0.1) is 13.2 Å². The van der Waals surface area contributed by atoms with Crippen molar-refractivity contribution in [3.05, 3.63) is 94.7 Å². The summed E-state index contributed by atoms with van der Waals surface area (Å²) in [4.78, 5) is 3.69. The van der Waals surface area contributed by atoms with Crippen molar-refractivity contribution >= 4 is 10.9 Å². The van der Waals surface area contributed by atoms with Crippen LogP contribution in [0.4, 0.5) is 0 Å². The molecule has 0 unspecified atom stereocenters. The van der Waals surface area contributed by atoms with E-state index in [-0.39, 0.29) is 6.04 Å². The Morgan fingerprint density at radius 2 is 1.71 bits per heavy atom. The van der Waals surface area contributed by atoms with Gasteiger partial charge in [0.1, 0.15) is 18.1 Å². The second kappa shape index (κ2) is 9.79. The van der Waals surface area contributed by atoms with Crippen LogP contribution in [0.2, 0.25) is 0 Å². The molecule has 2 heterocycles. The highest BCUT2D eigenvalue weighted by Crippen LogP contribution is 2.38. The number of aromatic nitrogens is 1.